The largest absolute Gasteiger partial charge is 0.484 e. The highest BCUT2D eigenvalue weighted by Crippen LogP contribution is 2.44. The lowest BCUT2D eigenvalue weighted by Crippen LogP contribution is -2.44. The number of pyridine rings is 1. The van der Waals surface area contributed by atoms with Crippen LogP contribution in [0.25, 0.3) is 0 Å². The Labute approximate surface area is 221 Å². The normalized spacial score (nSPS) is 20.4. The molecule has 1 amide bonds. The number of carbonyl (C=O) groups excluding carboxylic acids is 1. The van der Waals surface area contributed by atoms with Crippen molar-refractivity contribution >= 4 is 29.3 Å². The molecular formula is C27H34ClN3O4S. The zero-order chi connectivity index (χ0) is 25.4. The van der Waals surface area contributed by atoms with Gasteiger partial charge in [0.1, 0.15) is 12.7 Å². The molecule has 9 heteroatoms. The zero-order valence-corrected chi connectivity index (χ0v) is 22.7. The van der Waals surface area contributed by atoms with Crippen molar-refractivity contribution in [2.45, 2.75) is 57.1 Å². The Hall–Kier alpha value is -2.16. The van der Waals surface area contributed by atoms with Crippen LogP contribution in [0.15, 0.2) is 21.8 Å². The number of hydrogen-bond acceptors (Lipinski definition) is 6. The SMILES string of the molecule is CSc1cc(C)[nH]c(=O)c1CNC(=O)c1cc(Cl)c2c(c1C)O[C@@H](C1CCN(CC3CC3)CC1)CO2. The highest BCUT2D eigenvalue weighted by Gasteiger charge is 2.35. The van der Waals surface area contributed by atoms with Gasteiger partial charge in [0.2, 0.25) is 0 Å². The maximum Gasteiger partial charge on any atom is 0.254 e. The lowest BCUT2D eigenvalue weighted by atomic mass is 9.90. The third-order valence-corrected chi connectivity index (χ3v) is 8.68. The molecule has 2 fully saturated rings. The molecular weight excluding hydrogens is 498 g/mol. The van der Waals surface area contributed by atoms with Crippen LogP contribution in [-0.4, -0.2) is 54.4 Å². The number of nitrogens with one attached hydrogen (secondary N) is 2. The number of hydrogen-bond donors (Lipinski definition) is 2. The van der Waals surface area contributed by atoms with E-state index >= 15 is 0 Å². The molecule has 0 spiro atoms. The fraction of sp³-hybridized carbons (Fsp3) is 0.556. The summed E-state index contributed by atoms with van der Waals surface area (Å²) < 4.78 is 12.5. The molecule has 2 aliphatic heterocycles. The van der Waals surface area contributed by atoms with Crippen molar-refractivity contribution in [3.8, 4) is 11.5 Å². The number of thioether (sulfide) groups is 1. The topological polar surface area (TPSA) is 83.7 Å². The Balaban J connectivity index is 1.28. The Morgan fingerprint density at radius 3 is 2.64 bits per heavy atom. The summed E-state index contributed by atoms with van der Waals surface area (Å²) in [7, 11) is 0. The van der Waals surface area contributed by atoms with Gasteiger partial charge >= 0.3 is 0 Å². The van der Waals surface area contributed by atoms with Gasteiger partial charge in [-0.05, 0) is 76.9 Å². The van der Waals surface area contributed by atoms with Crippen LogP contribution < -0.4 is 20.3 Å². The van der Waals surface area contributed by atoms with Crippen molar-refractivity contribution in [3.05, 3.63) is 49.9 Å². The Morgan fingerprint density at radius 1 is 1.19 bits per heavy atom. The molecule has 36 heavy (non-hydrogen) atoms. The summed E-state index contributed by atoms with van der Waals surface area (Å²) in [4.78, 5) is 31.9. The predicted octanol–water partition coefficient (Wildman–Crippen LogP) is 4.56. The molecule has 5 rings (SSSR count). The Kier molecular flexibility index (Phi) is 7.56. The maximum absolute atomic E-state index is 13.2. The number of likely N-dealkylation sites (tertiary alicyclic amines) is 1. The molecule has 1 atom stereocenters. The molecule has 7 nitrogen and oxygen atoms in total. The van der Waals surface area contributed by atoms with Gasteiger partial charge in [0.25, 0.3) is 11.5 Å². The van der Waals surface area contributed by atoms with E-state index in [0.29, 0.717) is 45.7 Å². The van der Waals surface area contributed by atoms with Crippen LogP contribution in [0.1, 0.15) is 52.9 Å². The van der Waals surface area contributed by atoms with Crippen LogP contribution in [-0.2, 0) is 6.54 Å². The average Bonchev–Trinajstić information content (AvgIpc) is 3.69. The van der Waals surface area contributed by atoms with Gasteiger partial charge in [-0.3, -0.25) is 9.59 Å². The van der Waals surface area contributed by atoms with Crippen molar-refractivity contribution in [2.24, 2.45) is 11.8 Å². The number of aromatic nitrogens is 1. The van der Waals surface area contributed by atoms with Crippen molar-refractivity contribution in [3.63, 3.8) is 0 Å². The molecule has 1 aromatic carbocycles. The number of rotatable bonds is 7. The number of H-pyrrole nitrogens is 1. The molecule has 3 heterocycles. The number of carbonyl (C=O) groups is 1. The van der Waals surface area contributed by atoms with E-state index in [1.807, 2.05) is 26.2 Å². The molecule has 1 aliphatic carbocycles. The second kappa shape index (κ2) is 10.7. The van der Waals surface area contributed by atoms with Gasteiger partial charge in [-0.1, -0.05) is 11.6 Å². The van der Waals surface area contributed by atoms with Crippen molar-refractivity contribution in [2.75, 3.05) is 32.5 Å². The molecule has 1 saturated heterocycles. The third-order valence-electron chi connectivity index (χ3n) is 7.59. The van der Waals surface area contributed by atoms with Crippen molar-refractivity contribution in [1.82, 2.24) is 15.2 Å². The van der Waals surface area contributed by atoms with Crippen LogP contribution in [0.5, 0.6) is 11.5 Å². The highest BCUT2D eigenvalue weighted by atomic mass is 35.5. The first-order valence-electron chi connectivity index (χ1n) is 12.7. The second-order valence-electron chi connectivity index (χ2n) is 10.2. The summed E-state index contributed by atoms with van der Waals surface area (Å²) in [6, 6.07) is 3.54. The number of piperidine rings is 1. The fourth-order valence-electron chi connectivity index (χ4n) is 5.27. The fourth-order valence-corrected chi connectivity index (χ4v) is 6.22. The lowest BCUT2D eigenvalue weighted by molar-refractivity contribution is 0.0195. The summed E-state index contributed by atoms with van der Waals surface area (Å²) in [6.07, 6.45) is 6.80. The van der Waals surface area contributed by atoms with Gasteiger partial charge in [-0.15, -0.1) is 11.8 Å². The minimum absolute atomic E-state index is 0.0519. The van der Waals surface area contributed by atoms with Gasteiger partial charge in [0.05, 0.1) is 5.02 Å². The van der Waals surface area contributed by atoms with E-state index in [1.165, 1.54) is 31.1 Å². The molecule has 0 radical (unpaired) electrons. The molecule has 1 saturated carbocycles. The number of ether oxygens (including phenoxy) is 2. The minimum Gasteiger partial charge on any atom is -0.484 e. The summed E-state index contributed by atoms with van der Waals surface area (Å²) in [5, 5.41) is 3.25. The average molecular weight is 532 g/mol. The van der Waals surface area contributed by atoms with Crippen LogP contribution in [0.4, 0.5) is 0 Å². The van der Waals surface area contributed by atoms with E-state index < -0.39 is 0 Å². The number of aryl methyl sites for hydroxylation is 1. The number of halogens is 1. The van der Waals surface area contributed by atoms with E-state index in [0.717, 1.165) is 42.4 Å². The van der Waals surface area contributed by atoms with Crippen molar-refractivity contribution in [1.29, 1.82) is 0 Å². The lowest BCUT2D eigenvalue weighted by Gasteiger charge is -2.38. The summed E-state index contributed by atoms with van der Waals surface area (Å²) in [5.41, 5.74) is 2.26. The number of fused-ring (bicyclic) bond motifs is 1. The summed E-state index contributed by atoms with van der Waals surface area (Å²) >= 11 is 8.01. The van der Waals surface area contributed by atoms with Crippen LogP contribution in [0.2, 0.25) is 5.02 Å². The van der Waals surface area contributed by atoms with E-state index in [9.17, 15) is 9.59 Å². The highest BCUT2D eigenvalue weighted by molar-refractivity contribution is 7.98. The first-order valence-corrected chi connectivity index (χ1v) is 14.3. The zero-order valence-electron chi connectivity index (χ0n) is 21.1. The predicted molar refractivity (Wildman–Crippen MR) is 143 cm³/mol. The first kappa shape index (κ1) is 25.5. The van der Waals surface area contributed by atoms with Crippen LogP contribution in [0.3, 0.4) is 0 Å². The monoisotopic (exact) mass is 531 g/mol. The van der Waals surface area contributed by atoms with Gasteiger partial charge < -0.3 is 24.7 Å². The third kappa shape index (κ3) is 5.41. The van der Waals surface area contributed by atoms with Gasteiger partial charge in [-0.2, -0.15) is 0 Å². The van der Waals surface area contributed by atoms with Gasteiger partial charge in [-0.25, -0.2) is 0 Å². The van der Waals surface area contributed by atoms with Crippen molar-refractivity contribution < 1.29 is 14.3 Å². The quantitative estimate of drug-likeness (QED) is 0.510. The minimum atomic E-state index is -0.302. The standard InChI is InChI=1S/C27H34ClN3O4S/c1-15-10-23(36-3)20(27(33)30-15)12-29-26(32)19-11-21(28)25-24(16(19)2)35-22(14-34-25)18-6-8-31(9-7-18)13-17-4-5-17/h10-11,17-18,22H,4-9,12-14H2,1-3H3,(H,29,32)(H,30,33)/t22-/m1/s1. The first-order chi connectivity index (χ1) is 17.3. The van der Waals surface area contributed by atoms with E-state index in [4.69, 9.17) is 21.1 Å². The molecule has 0 unspecified atom stereocenters. The molecule has 2 N–H and O–H groups in total. The van der Waals surface area contributed by atoms with Gasteiger partial charge in [0.15, 0.2) is 11.5 Å². The molecule has 3 aliphatic rings. The summed E-state index contributed by atoms with van der Waals surface area (Å²) in [6.45, 7) is 7.74. The Bertz CT molecular complexity index is 1200. The maximum atomic E-state index is 13.2. The number of amides is 1. The molecule has 194 valence electrons. The molecule has 2 aromatic rings. The molecule has 0 bridgehead atoms. The smallest absolute Gasteiger partial charge is 0.254 e. The second-order valence-corrected chi connectivity index (χ2v) is 11.5. The number of nitrogens with zero attached hydrogens (tertiary/aromatic N) is 1. The van der Waals surface area contributed by atoms with E-state index in [2.05, 4.69) is 15.2 Å². The van der Waals surface area contributed by atoms with E-state index in [-0.39, 0.29) is 24.1 Å². The van der Waals surface area contributed by atoms with E-state index in [1.54, 1.807) is 6.07 Å². The number of aromatic amines is 1. The Morgan fingerprint density at radius 2 is 1.94 bits per heavy atom. The summed E-state index contributed by atoms with van der Waals surface area (Å²) in [5.74, 6) is 2.09. The van der Waals surface area contributed by atoms with Crippen LogP contribution in [0, 0.1) is 25.7 Å². The van der Waals surface area contributed by atoms with Gasteiger partial charge in [0, 0.05) is 46.3 Å². The van der Waals surface area contributed by atoms with Crippen LogP contribution >= 0.6 is 23.4 Å². The number of benzene rings is 1. The molecule has 1 aromatic heterocycles.